The minimum atomic E-state index is -4.40. The van der Waals surface area contributed by atoms with Gasteiger partial charge in [0.1, 0.15) is 0 Å². The van der Waals surface area contributed by atoms with E-state index in [4.69, 9.17) is 5.73 Å². The number of anilines is 1. The first-order valence-electron chi connectivity index (χ1n) is 5.27. The first-order valence-corrected chi connectivity index (χ1v) is 5.27. The molecule has 0 bridgehead atoms. The van der Waals surface area contributed by atoms with E-state index in [0.717, 1.165) is 6.07 Å². The van der Waals surface area contributed by atoms with E-state index in [1.54, 1.807) is 13.0 Å². The summed E-state index contributed by atoms with van der Waals surface area (Å²) in [6.45, 7) is 1.73. The molecule has 1 heterocycles. The molecule has 18 heavy (non-hydrogen) atoms. The average Bonchev–Trinajstić information content (AvgIpc) is 2.27. The second-order valence-corrected chi connectivity index (χ2v) is 3.99. The van der Waals surface area contributed by atoms with E-state index in [-0.39, 0.29) is 5.56 Å². The molecule has 0 aliphatic carbocycles. The average molecular weight is 252 g/mol. The first kappa shape index (κ1) is 12.4. The maximum atomic E-state index is 12.9. The third-order valence-electron chi connectivity index (χ3n) is 2.56. The molecule has 1 aromatic heterocycles. The summed E-state index contributed by atoms with van der Waals surface area (Å²) < 4.78 is 38.7. The van der Waals surface area contributed by atoms with E-state index in [1.165, 1.54) is 24.4 Å². The highest BCUT2D eigenvalue weighted by Gasteiger charge is 2.33. The molecule has 0 amide bonds. The van der Waals surface area contributed by atoms with Gasteiger partial charge in [-0.15, -0.1) is 0 Å². The molecule has 0 atom stereocenters. The fourth-order valence-corrected chi connectivity index (χ4v) is 1.76. The topological polar surface area (TPSA) is 38.9 Å². The summed E-state index contributed by atoms with van der Waals surface area (Å²) in [4.78, 5) is 3.97. The Morgan fingerprint density at radius 2 is 1.83 bits per heavy atom. The summed E-state index contributed by atoms with van der Waals surface area (Å²) in [5, 5.41) is 0. The van der Waals surface area contributed by atoms with E-state index in [1.807, 2.05) is 0 Å². The van der Waals surface area contributed by atoms with Gasteiger partial charge in [-0.1, -0.05) is 0 Å². The maximum absolute atomic E-state index is 12.9. The smallest absolute Gasteiger partial charge is 0.399 e. The summed E-state index contributed by atoms with van der Waals surface area (Å²) in [5.41, 5.74) is 6.36. The number of aryl methyl sites for hydroxylation is 1. The van der Waals surface area contributed by atoms with Crippen molar-refractivity contribution in [2.75, 3.05) is 5.73 Å². The quantitative estimate of drug-likeness (QED) is 0.786. The van der Waals surface area contributed by atoms with E-state index in [0.29, 0.717) is 16.9 Å². The zero-order valence-electron chi connectivity index (χ0n) is 9.62. The Morgan fingerprint density at radius 3 is 2.44 bits per heavy atom. The Kier molecular flexibility index (Phi) is 2.98. The van der Waals surface area contributed by atoms with Gasteiger partial charge in [0.25, 0.3) is 0 Å². The summed E-state index contributed by atoms with van der Waals surface area (Å²) >= 11 is 0. The number of rotatable bonds is 1. The predicted octanol–water partition coefficient (Wildman–Crippen LogP) is 3.66. The number of nitrogens with two attached hydrogens (primary N) is 1. The Morgan fingerprint density at radius 1 is 1.11 bits per heavy atom. The van der Waals surface area contributed by atoms with Crippen molar-refractivity contribution < 1.29 is 13.2 Å². The monoisotopic (exact) mass is 252 g/mol. The highest BCUT2D eigenvalue weighted by atomic mass is 19.4. The highest BCUT2D eigenvalue weighted by molar-refractivity contribution is 5.71. The Hall–Kier alpha value is -2.04. The molecule has 5 heteroatoms. The Labute approximate surface area is 102 Å². The van der Waals surface area contributed by atoms with Crippen LogP contribution in [0.2, 0.25) is 0 Å². The second kappa shape index (κ2) is 4.33. The van der Waals surface area contributed by atoms with Crippen molar-refractivity contribution in [3.8, 4) is 11.1 Å². The van der Waals surface area contributed by atoms with Crippen LogP contribution in [0.3, 0.4) is 0 Å². The third-order valence-corrected chi connectivity index (χ3v) is 2.56. The summed E-state index contributed by atoms with van der Waals surface area (Å²) in [7, 11) is 0. The number of hydrogen-bond donors (Lipinski definition) is 1. The van der Waals surface area contributed by atoms with Crippen molar-refractivity contribution in [1.29, 1.82) is 0 Å². The van der Waals surface area contributed by atoms with Gasteiger partial charge in [-0.25, -0.2) is 0 Å². The zero-order chi connectivity index (χ0) is 13.3. The van der Waals surface area contributed by atoms with Crippen molar-refractivity contribution in [1.82, 2.24) is 4.98 Å². The number of halogens is 3. The number of alkyl halides is 3. The normalized spacial score (nSPS) is 11.6. The number of benzene rings is 1. The van der Waals surface area contributed by atoms with E-state index in [9.17, 15) is 13.2 Å². The van der Waals surface area contributed by atoms with Crippen LogP contribution in [0.1, 0.15) is 11.3 Å². The van der Waals surface area contributed by atoms with Crippen LogP contribution in [0, 0.1) is 6.92 Å². The number of pyridine rings is 1. The molecular weight excluding hydrogens is 241 g/mol. The van der Waals surface area contributed by atoms with E-state index >= 15 is 0 Å². The van der Waals surface area contributed by atoms with Gasteiger partial charge in [-0.3, -0.25) is 4.98 Å². The number of nitrogens with zero attached hydrogens (tertiary/aromatic N) is 1. The van der Waals surface area contributed by atoms with Crippen LogP contribution in [0.5, 0.6) is 0 Å². The van der Waals surface area contributed by atoms with Gasteiger partial charge in [-0.05, 0) is 48.4 Å². The zero-order valence-corrected chi connectivity index (χ0v) is 9.62. The van der Waals surface area contributed by atoms with E-state index in [2.05, 4.69) is 4.98 Å². The SMILES string of the molecule is Cc1cc(-c2cc(N)ccc2C(F)(F)F)ccn1. The fourth-order valence-electron chi connectivity index (χ4n) is 1.76. The molecule has 0 unspecified atom stereocenters. The van der Waals surface area contributed by atoms with Crippen molar-refractivity contribution >= 4 is 5.69 Å². The van der Waals surface area contributed by atoms with Gasteiger partial charge in [0.2, 0.25) is 0 Å². The van der Waals surface area contributed by atoms with E-state index < -0.39 is 11.7 Å². The Bertz CT molecular complexity index is 577. The van der Waals surface area contributed by atoms with Crippen LogP contribution in [0.25, 0.3) is 11.1 Å². The molecule has 0 saturated carbocycles. The lowest BCUT2D eigenvalue weighted by Gasteiger charge is -2.13. The molecular formula is C13H11F3N2. The maximum Gasteiger partial charge on any atom is 0.417 e. The lowest BCUT2D eigenvalue weighted by molar-refractivity contribution is -0.137. The molecule has 0 aliphatic heterocycles. The standard InChI is InChI=1S/C13H11F3N2/c1-8-6-9(4-5-18-8)11-7-10(17)2-3-12(11)13(14,15)16/h2-7H,17H2,1H3. The lowest BCUT2D eigenvalue weighted by Crippen LogP contribution is -2.07. The second-order valence-electron chi connectivity index (χ2n) is 3.99. The minimum Gasteiger partial charge on any atom is -0.399 e. The van der Waals surface area contributed by atoms with Gasteiger partial charge >= 0.3 is 6.18 Å². The van der Waals surface area contributed by atoms with Crippen molar-refractivity contribution in [2.24, 2.45) is 0 Å². The third kappa shape index (κ3) is 2.45. The van der Waals surface area contributed by atoms with Gasteiger partial charge < -0.3 is 5.73 Å². The Balaban J connectivity index is 2.66. The van der Waals surface area contributed by atoms with Gasteiger partial charge in [0, 0.05) is 17.6 Å². The van der Waals surface area contributed by atoms with Crippen molar-refractivity contribution in [3.05, 3.63) is 47.8 Å². The molecule has 0 radical (unpaired) electrons. The van der Waals surface area contributed by atoms with Gasteiger partial charge in [0.15, 0.2) is 0 Å². The molecule has 0 spiro atoms. The molecule has 2 rings (SSSR count). The summed E-state index contributed by atoms with van der Waals surface area (Å²) in [6.07, 6.45) is -2.92. The highest BCUT2D eigenvalue weighted by Crippen LogP contribution is 2.38. The molecule has 1 aromatic carbocycles. The predicted molar refractivity (Wildman–Crippen MR) is 63.8 cm³/mol. The van der Waals surface area contributed by atoms with Crippen molar-refractivity contribution in [3.63, 3.8) is 0 Å². The fraction of sp³-hybridized carbons (Fsp3) is 0.154. The molecule has 0 saturated heterocycles. The van der Waals surface area contributed by atoms with Crippen molar-refractivity contribution in [2.45, 2.75) is 13.1 Å². The summed E-state index contributed by atoms with van der Waals surface area (Å²) in [5.74, 6) is 0. The molecule has 2 N–H and O–H groups in total. The molecule has 2 nitrogen and oxygen atoms in total. The lowest BCUT2D eigenvalue weighted by atomic mass is 9.99. The van der Waals surface area contributed by atoms with Crippen LogP contribution >= 0.6 is 0 Å². The molecule has 94 valence electrons. The molecule has 0 aliphatic rings. The number of nitrogen functional groups attached to an aromatic ring is 1. The van der Waals surface area contributed by atoms with Crippen LogP contribution < -0.4 is 5.73 Å². The summed E-state index contributed by atoms with van der Waals surface area (Å²) in [6, 6.07) is 6.72. The van der Waals surface area contributed by atoms with Crippen LogP contribution in [0.4, 0.5) is 18.9 Å². The largest absolute Gasteiger partial charge is 0.417 e. The molecule has 2 aromatic rings. The van der Waals surface area contributed by atoms with Gasteiger partial charge in [-0.2, -0.15) is 13.2 Å². The number of hydrogen-bond acceptors (Lipinski definition) is 2. The minimum absolute atomic E-state index is 0.0769. The molecule has 0 fully saturated rings. The van der Waals surface area contributed by atoms with Crippen LogP contribution in [-0.2, 0) is 6.18 Å². The van der Waals surface area contributed by atoms with Gasteiger partial charge in [0.05, 0.1) is 5.56 Å². The first-order chi connectivity index (χ1) is 8.38. The van der Waals surface area contributed by atoms with Crippen LogP contribution in [0.15, 0.2) is 36.5 Å². The number of aromatic nitrogens is 1. The van der Waals surface area contributed by atoms with Crippen LogP contribution in [-0.4, -0.2) is 4.98 Å².